The van der Waals surface area contributed by atoms with Gasteiger partial charge in [-0.05, 0) is 29.7 Å². The van der Waals surface area contributed by atoms with E-state index >= 15 is 0 Å². The van der Waals surface area contributed by atoms with E-state index in [2.05, 4.69) is 36.5 Å². The maximum absolute atomic E-state index is 5.65. The molecular formula is C18H22NO. The summed E-state index contributed by atoms with van der Waals surface area (Å²) in [7, 11) is 0. The molecule has 1 radical (unpaired) electrons. The fourth-order valence-corrected chi connectivity index (χ4v) is 1.87. The summed E-state index contributed by atoms with van der Waals surface area (Å²) in [6.45, 7) is 5.83. The maximum atomic E-state index is 5.65. The van der Waals surface area contributed by atoms with Gasteiger partial charge in [0.1, 0.15) is 5.75 Å². The Bertz CT molecular complexity index is 479. The quantitative estimate of drug-likeness (QED) is 0.726. The van der Waals surface area contributed by atoms with Crippen molar-refractivity contribution in [1.29, 1.82) is 0 Å². The Balaban J connectivity index is 1.73. The number of ether oxygens (including phenoxy) is 1. The summed E-state index contributed by atoms with van der Waals surface area (Å²) in [6.07, 6.45) is 2.27. The second-order valence-corrected chi connectivity index (χ2v) is 4.78. The van der Waals surface area contributed by atoms with Crippen LogP contribution in [0.25, 0.3) is 0 Å². The van der Waals surface area contributed by atoms with Gasteiger partial charge in [-0.15, -0.1) is 0 Å². The molecular weight excluding hydrogens is 246 g/mol. The van der Waals surface area contributed by atoms with Gasteiger partial charge in [-0.2, -0.15) is 0 Å². The van der Waals surface area contributed by atoms with E-state index in [1.807, 2.05) is 36.9 Å². The summed E-state index contributed by atoms with van der Waals surface area (Å²) in [4.78, 5) is 0. The summed E-state index contributed by atoms with van der Waals surface area (Å²) in [5.41, 5.74) is 2.44. The molecule has 2 heteroatoms. The second-order valence-electron chi connectivity index (χ2n) is 4.78. The minimum Gasteiger partial charge on any atom is -0.494 e. The normalized spacial score (nSPS) is 10.4. The Kier molecular flexibility index (Phi) is 6.12. The molecule has 105 valence electrons. The maximum Gasteiger partial charge on any atom is 0.119 e. The molecule has 2 aromatic carbocycles. The van der Waals surface area contributed by atoms with Crippen LogP contribution in [-0.4, -0.2) is 6.61 Å². The van der Waals surface area contributed by atoms with E-state index in [-0.39, 0.29) is 0 Å². The first-order chi connectivity index (χ1) is 9.88. The number of unbranched alkanes of at least 4 members (excludes halogenated alkanes) is 1. The lowest BCUT2D eigenvalue weighted by Crippen LogP contribution is -2.10. The van der Waals surface area contributed by atoms with Crippen molar-refractivity contribution in [2.24, 2.45) is 0 Å². The molecule has 0 bridgehead atoms. The number of rotatable bonds is 8. The van der Waals surface area contributed by atoms with Gasteiger partial charge in [-0.3, -0.25) is 0 Å². The van der Waals surface area contributed by atoms with Crippen LogP contribution in [0, 0.1) is 6.54 Å². The molecule has 0 heterocycles. The molecule has 0 atom stereocenters. The Morgan fingerprint density at radius 1 is 1.00 bits per heavy atom. The van der Waals surface area contributed by atoms with Crippen LogP contribution in [0.4, 0.5) is 0 Å². The van der Waals surface area contributed by atoms with Crippen LogP contribution >= 0.6 is 0 Å². The van der Waals surface area contributed by atoms with Gasteiger partial charge in [0.05, 0.1) is 13.2 Å². The van der Waals surface area contributed by atoms with Gasteiger partial charge in [-0.1, -0.05) is 55.8 Å². The number of benzene rings is 2. The highest BCUT2D eigenvalue weighted by Crippen LogP contribution is 2.13. The first-order valence-electron chi connectivity index (χ1n) is 7.22. The molecule has 0 spiro atoms. The number of nitrogens with one attached hydrogen (secondary N) is 1. The molecule has 0 unspecified atom stereocenters. The fourth-order valence-electron chi connectivity index (χ4n) is 1.87. The Labute approximate surface area is 121 Å². The van der Waals surface area contributed by atoms with Crippen LogP contribution in [0.1, 0.15) is 30.9 Å². The van der Waals surface area contributed by atoms with Gasteiger partial charge in [0, 0.05) is 6.54 Å². The van der Waals surface area contributed by atoms with Gasteiger partial charge in [0.25, 0.3) is 0 Å². The van der Waals surface area contributed by atoms with Crippen LogP contribution in [0.3, 0.4) is 0 Å². The molecule has 2 rings (SSSR count). The van der Waals surface area contributed by atoms with Gasteiger partial charge in [-0.25, -0.2) is 0 Å². The predicted molar refractivity (Wildman–Crippen MR) is 83.5 cm³/mol. The topological polar surface area (TPSA) is 21.3 Å². The van der Waals surface area contributed by atoms with Gasteiger partial charge in [0.15, 0.2) is 0 Å². The summed E-state index contributed by atoms with van der Waals surface area (Å²) in [5, 5.41) is 3.32. The van der Waals surface area contributed by atoms with Crippen LogP contribution in [0.2, 0.25) is 0 Å². The minimum absolute atomic E-state index is 0.801. The molecule has 0 saturated heterocycles. The van der Waals surface area contributed by atoms with Crippen LogP contribution in [0.15, 0.2) is 54.6 Å². The SMILES string of the molecule is CCCCOc1ccc(CN[CH]c2ccccc2)cc1. The summed E-state index contributed by atoms with van der Waals surface area (Å²) < 4.78 is 5.65. The Morgan fingerprint density at radius 2 is 1.75 bits per heavy atom. The number of hydrogen-bond donors (Lipinski definition) is 1. The molecule has 0 aliphatic carbocycles. The zero-order chi connectivity index (χ0) is 14.0. The molecule has 2 nitrogen and oxygen atoms in total. The molecule has 0 saturated carbocycles. The highest BCUT2D eigenvalue weighted by Gasteiger charge is 1.96. The lowest BCUT2D eigenvalue weighted by molar-refractivity contribution is 0.309. The largest absolute Gasteiger partial charge is 0.494 e. The summed E-state index contributed by atoms with van der Waals surface area (Å²) >= 11 is 0. The second kappa shape index (κ2) is 8.39. The van der Waals surface area contributed by atoms with Crippen molar-refractivity contribution in [2.45, 2.75) is 26.3 Å². The molecule has 0 aliphatic heterocycles. The Hall–Kier alpha value is -1.80. The molecule has 1 N–H and O–H groups in total. The number of hydrogen-bond acceptors (Lipinski definition) is 2. The van der Waals surface area contributed by atoms with Crippen molar-refractivity contribution in [2.75, 3.05) is 6.61 Å². The molecule has 2 aromatic rings. The van der Waals surface area contributed by atoms with E-state index < -0.39 is 0 Å². The van der Waals surface area contributed by atoms with E-state index in [0.29, 0.717) is 0 Å². The van der Waals surface area contributed by atoms with Crippen molar-refractivity contribution in [3.8, 4) is 5.75 Å². The smallest absolute Gasteiger partial charge is 0.119 e. The fraction of sp³-hybridized carbons (Fsp3) is 0.278. The van der Waals surface area contributed by atoms with E-state index in [9.17, 15) is 0 Å². The Morgan fingerprint density at radius 3 is 2.45 bits per heavy atom. The van der Waals surface area contributed by atoms with Crippen molar-refractivity contribution < 1.29 is 4.74 Å². The van der Waals surface area contributed by atoms with Crippen molar-refractivity contribution in [1.82, 2.24) is 5.32 Å². The molecule has 0 fully saturated rings. The van der Waals surface area contributed by atoms with E-state index in [1.165, 1.54) is 11.1 Å². The van der Waals surface area contributed by atoms with Crippen molar-refractivity contribution in [3.05, 3.63) is 72.3 Å². The van der Waals surface area contributed by atoms with Gasteiger partial charge in [0.2, 0.25) is 0 Å². The third-order valence-corrected chi connectivity index (χ3v) is 3.06. The van der Waals surface area contributed by atoms with E-state index in [0.717, 1.165) is 31.7 Å². The van der Waals surface area contributed by atoms with Crippen molar-refractivity contribution >= 4 is 0 Å². The molecule has 20 heavy (non-hydrogen) atoms. The highest BCUT2D eigenvalue weighted by molar-refractivity contribution is 5.28. The van der Waals surface area contributed by atoms with Crippen LogP contribution in [0.5, 0.6) is 5.75 Å². The third kappa shape index (κ3) is 5.06. The predicted octanol–water partition coefficient (Wildman–Crippen LogP) is 4.17. The average molecular weight is 268 g/mol. The average Bonchev–Trinajstić information content (AvgIpc) is 2.50. The molecule has 0 aliphatic rings. The highest BCUT2D eigenvalue weighted by atomic mass is 16.5. The molecule has 0 amide bonds. The van der Waals surface area contributed by atoms with E-state index in [4.69, 9.17) is 4.74 Å². The third-order valence-electron chi connectivity index (χ3n) is 3.06. The van der Waals surface area contributed by atoms with Crippen LogP contribution < -0.4 is 10.1 Å². The first-order valence-corrected chi connectivity index (χ1v) is 7.22. The monoisotopic (exact) mass is 268 g/mol. The van der Waals surface area contributed by atoms with Crippen molar-refractivity contribution in [3.63, 3.8) is 0 Å². The first kappa shape index (κ1) is 14.6. The lowest BCUT2D eigenvalue weighted by atomic mass is 10.2. The lowest BCUT2D eigenvalue weighted by Gasteiger charge is -2.07. The zero-order valence-corrected chi connectivity index (χ0v) is 12.0. The summed E-state index contributed by atoms with van der Waals surface area (Å²) in [5.74, 6) is 0.953. The van der Waals surface area contributed by atoms with E-state index in [1.54, 1.807) is 0 Å². The molecule has 0 aromatic heterocycles. The van der Waals surface area contributed by atoms with Crippen LogP contribution in [-0.2, 0) is 6.54 Å². The van der Waals surface area contributed by atoms with Gasteiger partial charge >= 0.3 is 0 Å². The summed E-state index contributed by atoms with van der Waals surface area (Å²) in [6, 6.07) is 18.5. The standard InChI is InChI=1S/C18H22NO/c1-2-3-13-20-18-11-9-17(10-12-18)15-19-14-16-7-5-4-6-8-16/h4-12,14,19H,2-3,13,15H2,1H3. The zero-order valence-electron chi connectivity index (χ0n) is 12.0. The van der Waals surface area contributed by atoms with Gasteiger partial charge < -0.3 is 10.1 Å². The minimum atomic E-state index is 0.801.